The molecule has 2 heterocycles. The summed E-state index contributed by atoms with van der Waals surface area (Å²) < 4.78 is 2.97. The average Bonchev–Trinajstić information content (AvgIpc) is 3.09. The Hall–Kier alpha value is -3.22. The van der Waals surface area contributed by atoms with E-state index in [-0.39, 0.29) is 17.2 Å². The molecule has 0 radical (unpaired) electrons. The molecular weight excluding hydrogens is 306 g/mol. The lowest BCUT2D eigenvalue weighted by molar-refractivity contribution is 0.0943. The van der Waals surface area contributed by atoms with Crippen LogP contribution in [0.3, 0.4) is 0 Å². The molecule has 1 aromatic carbocycles. The molecule has 0 aliphatic heterocycles. The number of carbonyl (C=O) groups is 1. The topological polar surface area (TPSA) is 81.8 Å². The molecule has 122 valence electrons. The van der Waals surface area contributed by atoms with Gasteiger partial charge in [0, 0.05) is 32.1 Å². The molecule has 0 spiro atoms. The van der Waals surface area contributed by atoms with Gasteiger partial charge in [-0.25, -0.2) is 4.68 Å². The summed E-state index contributed by atoms with van der Waals surface area (Å²) in [7, 11) is 1.51. The van der Waals surface area contributed by atoms with Crippen molar-refractivity contribution in [1.82, 2.24) is 24.9 Å². The first kappa shape index (κ1) is 15.7. The van der Waals surface area contributed by atoms with Crippen LogP contribution in [0.5, 0.6) is 0 Å². The van der Waals surface area contributed by atoms with Gasteiger partial charge in [0.1, 0.15) is 5.69 Å². The number of amides is 1. The van der Waals surface area contributed by atoms with E-state index in [1.165, 1.54) is 19.2 Å². The van der Waals surface area contributed by atoms with E-state index in [0.717, 1.165) is 15.8 Å². The van der Waals surface area contributed by atoms with Gasteiger partial charge in [-0.3, -0.25) is 14.3 Å². The maximum absolute atomic E-state index is 12.2. The molecule has 0 saturated carbocycles. The van der Waals surface area contributed by atoms with E-state index in [2.05, 4.69) is 15.5 Å². The van der Waals surface area contributed by atoms with Crippen molar-refractivity contribution in [2.75, 3.05) is 0 Å². The summed E-state index contributed by atoms with van der Waals surface area (Å²) in [6.45, 7) is 1.01. The monoisotopic (exact) mass is 323 g/mol. The number of nitrogens with one attached hydrogen (secondary N) is 1. The van der Waals surface area contributed by atoms with Crippen LogP contribution in [0.4, 0.5) is 0 Å². The largest absolute Gasteiger partial charge is 0.347 e. The van der Waals surface area contributed by atoms with Crippen molar-refractivity contribution in [1.29, 1.82) is 0 Å². The van der Waals surface area contributed by atoms with E-state index < -0.39 is 0 Å². The minimum Gasteiger partial charge on any atom is -0.347 e. The third-order valence-electron chi connectivity index (χ3n) is 3.64. The zero-order valence-corrected chi connectivity index (χ0v) is 13.2. The normalized spacial score (nSPS) is 10.5. The average molecular weight is 323 g/mol. The number of aryl methyl sites for hydroxylation is 1. The lowest BCUT2D eigenvalue weighted by Crippen LogP contribution is -2.28. The number of aromatic nitrogens is 4. The maximum atomic E-state index is 12.2. The highest BCUT2D eigenvalue weighted by molar-refractivity contribution is 5.91. The van der Waals surface area contributed by atoms with Crippen molar-refractivity contribution >= 4 is 5.91 Å². The van der Waals surface area contributed by atoms with Gasteiger partial charge in [0.15, 0.2) is 0 Å². The molecule has 24 heavy (non-hydrogen) atoms. The van der Waals surface area contributed by atoms with Gasteiger partial charge in [-0.15, -0.1) is 0 Å². The van der Waals surface area contributed by atoms with Crippen molar-refractivity contribution in [3.05, 3.63) is 82.0 Å². The van der Waals surface area contributed by atoms with Crippen LogP contribution >= 0.6 is 0 Å². The molecule has 2 aromatic heterocycles. The summed E-state index contributed by atoms with van der Waals surface area (Å²) in [5, 5.41) is 11.0. The molecule has 1 N–H and O–H groups in total. The number of benzene rings is 1. The number of hydrogen-bond donors (Lipinski definition) is 1. The molecule has 0 fully saturated rings. The predicted molar refractivity (Wildman–Crippen MR) is 88.4 cm³/mol. The lowest BCUT2D eigenvalue weighted by Gasteiger charge is -2.11. The molecule has 0 aliphatic carbocycles. The number of carbonyl (C=O) groups excluding carboxylic acids is 1. The van der Waals surface area contributed by atoms with E-state index in [9.17, 15) is 9.59 Å². The molecule has 1 amide bonds. The van der Waals surface area contributed by atoms with Crippen LogP contribution in [-0.4, -0.2) is 25.5 Å². The molecule has 0 bridgehead atoms. The lowest BCUT2D eigenvalue weighted by atomic mass is 10.1. The highest BCUT2D eigenvalue weighted by atomic mass is 16.2. The Bertz CT molecular complexity index is 899. The summed E-state index contributed by atoms with van der Waals surface area (Å²) in [4.78, 5) is 23.5. The van der Waals surface area contributed by atoms with Crippen LogP contribution in [0.15, 0.2) is 59.7 Å². The van der Waals surface area contributed by atoms with E-state index in [0.29, 0.717) is 13.1 Å². The number of nitrogens with zero attached hydrogens (tertiary/aromatic N) is 4. The second-order valence-electron chi connectivity index (χ2n) is 5.34. The van der Waals surface area contributed by atoms with E-state index in [4.69, 9.17) is 0 Å². The molecule has 7 nitrogen and oxygen atoms in total. The predicted octanol–water partition coefficient (Wildman–Crippen LogP) is 0.955. The van der Waals surface area contributed by atoms with E-state index in [1.807, 2.05) is 41.2 Å². The van der Waals surface area contributed by atoms with Gasteiger partial charge in [0.05, 0.1) is 6.54 Å². The zero-order chi connectivity index (χ0) is 16.9. The fraction of sp³-hybridized carbons (Fsp3) is 0.176. The van der Waals surface area contributed by atoms with Crippen molar-refractivity contribution in [3.63, 3.8) is 0 Å². The molecule has 0 aliphatic rings. The zero-order valence-electron chi connectivity index (χ0n) is 13.2. The fourth-order valence-corrected chi connectivity index (χ4v) is 2.34. The Morgan fingerprint density at radius 3 is 2.62 bits per heavy atom. The highest BCUT2D eigenvalue weighted by Gasteiger charge is 2.10. The van der Waals surface area contributed by atoms with E-state index >= 15 is 0 Å². The van der Waals surface area contributed by atoms with Crippen molar-refractivity contribution in [2.45, 2.75) is 13.1 Å². The summed E-state index contributed by atoms with van der Waals surface area (Å²) in [5.74, 6) is -0.320. The molecule has 0 unspecified atom stereocenters. The van der Waals surface area contributed by atoms with Crippen LogP contribution in [0.25, 0.3) is 0 Å². The maximum Gasteiger partial charge on any atom is 0.271 e. The fourth-order valence-electron chi connectivity index (χ4n) is 2.34. The first-order valence-electron chi connectivity index (χ1n) is 7.50. The van der Waals surface area contributed by atoms with Crippen molar-refractivity contribution in [3.8, 4) is 0 Å². The van der Waals surface area contributed by atoms with Crippen molar-refractivity contribution in [2.24, 2.45) is 7.05 Å². The molecule has 3 rings (SSSR count). The molecule has 0 atom stereocenters. The Morgan fingerprint density at radius 1 is 1.12 bits per heavy atom. The van der Waals surface area contributed by atoms with Gasteiger partial charge in [-0.1, -0.05) is 24.3 Å². The Labute approximate surface area is 138 Å². The van der Waals surface area contributed by atoms with E-state index in [1.54, 1.807) is 6.20 Å². The Kier molecular flexibility index (Phi) is 4.51. The second-order valence-corrected chi connectivity index (χ2v) is 5.34. The molecular formula is C17H17N5O2. The van der Waals surface area contributed by atoms with Gasteiger partial charge in [-0.2, -0.15) is 10.2 Å². The van der Waals surface area contributed by atoms with Gasteiger partial charge < -0.3 is 5.32 Å². The first-order chi connectivity index (χ1) is 11.6. The van der Waals surface area contributed by atoms with Crippen LogP contribution < -0.4 is 10.9 Å². The first-order valence-corrected chi connectivity index (χ1v) is 7.50. The minimum atomic E-state index is -0.320. The molecule has 7 heteroatoms. The summed E-state index contributed by atoms with van der Waals surface area (Å²) in [5.41, 5.74) is 2.04. The Morgan fingerprint density at radius 2 is 1.92 bits per heavy atom. The third kappa shape index (κ3) is 3.57. The third-order valence-corrected chi connectivity index (χ3v) is 3.64. The van der Waals surface area contributed by atoms with Gasteiger partial charge in [0.2, 0.25) is 0 Å². The molecule has 3 aromatic rings. The van der Waals surface area contributed by atoms with Crippen LogP contribution in [-0.2, 0) is 20.1 Å². The van der Waals surface area contributed by atoms with Gasteiger partial charge in [0.25, 0.3) is 11.5 Å². The number of rotatable bonds is 5. The number of hydrogen-bond acceptors (Lipinski definition) is 4. The van der Waals surface area contributed by atoms with Gasteiger partial charge >= 0.3 is 0 Å². The highest BCUT2D eigenvalue weighted by Crippen LogP contribution is 2.10. The van der Waals surface area contributed by atoms with Crippen LogP contribution in [0, 0.1) is 0 Å². The van der Waals surface area contributed by atoms with Crippen molar-refractivity contribution < 1.29 is 4.79 Å². The smallest absolute Gasteiger partial charge is 0.271 e. The second kappa shape index (κ2) is 6.91. The van der Waals surface area contributed by atoms with Crippen LogP contribution in [0.2, 0.25) is 0 Å². The Balaban J connectivity index is 1.71. The summed E-state index contributed by atoms with van der Waals surface area (Å²) in [6, 6.07) is 12.5. The SMILES string of the molecule is Cn1nc(C(=O)NCc2ccccc2Cn2cccn2)ccc1=O. The summed E-state index contributed by atoms with van der Waals surface area (Å²) >= 11 is 0. The standard InChI is InChI=1S/C17H17N5O2/c1-21-16(23)8-7-15(20-21)17(24)18-11-13-5-2-3-6-14(13)12-22-10-4-9-19-22/h2-10H,11-12H2,1H3,(H,18,24). The quantitative estimate of drug-likeness (QED) is 0.758. The van der Waals surface area contributed by atoms with Crippen LogP contribution in [0.1, 0.15) is 21.6 Å². The van der Waals surface area contributed by atoms with Gasteiger partial charge in [-0.05, 0) is 23.3 Å². The summed E-state index contributed by atoms with van der Waals surface area (Å²) in [6.07, 6.45) is 3.62. The molecule has 0 saturated heterocycles. The minimum absolute atomic E-state index is 0.210.